The first-order valence-electron chi connectivity index (χ1n) is 11.6. The normalized spacial score (nSPS) is 19.1. The molecule has 1 saturated carbocycles. The van der Waals surface area contributed by atoms with Crippen LogP contribution in [0.1, 0.15) is 61.0 Å². The maximum atomic E-state index is 13.5. The molecular formula is C25H30N2O5S. The van der Waals surface area contributed by atoms with Crippen LogP contribution in [0, 0.1) is 0 Å². The van der Waals surface area contributed by atoms with Gasteiger partial charge in [-0.2, -0.15) is 0 Å². The summed E-state index contributed by atoms with van der Waals surface area (Å²) in [5.41, 5.74) is 2.83. The van der Waals surface area contributed by atoms with Gasteiger partial charge in [-0.1, -0.05) is 12.8 Å². The number of nitrogens with one attached hydrogen (secondary N) is 1. The van der Waals surface area contributed by atoms with Crippen molar-refractivity contribution in [3.8, 4) is 11.5 Å². The summed E-state index contributed by atoms with van der Waals surface area (Å²) in [6.45, 7) is 5.80. The zero-order chi connectivity index (χ0) is 23.2. The number of hydrogen-bond donors (Lipinski definition) is 1. The number of amides is 1. The second-order valence-electron chi connectivity index (χ2n) is 9.60. The molecule has 5 rings (SSSR count). The molecule has 1 aliphatic carbocycles. The van der Waals surface area contributed by atoms with Crippen molar-refractivity contribution < 1.29 is 22.7 Å². The third-order valence-electron chi connectivity index (χ3n) is 6.84. The van der Waals surface area contributed by atoms with E-state index in [1.807, 2.05) is 11.0 Å². The van der Waals surface area contributed by atoms with Gasteiger partial charge >= 0.3 is 0 Å². The zero-order valence-corrected chi connectivity index (χ0v) is 19.9. The average Bonchev–Trinajstić information content (AvgIpc) is 3.25. The number of sulfonamides is 1. The van der Waals surface area contributed by atoms with Crippen LogP contribution in [0.15, 0.2) is 41.3 Å². The predicted molar refractivity (Wildman–Crippen MR) is 124 cm³/mol. The molecular weight excluding hydrogens is 440 g/mol. The minimum atomic E-state index is -3.59. The third kappa shape index (κ3) is 4.10. The van der Waals surface area contributed by atoms with Crippen molar-refractivity contribution in [2.75, 3.05) is 19.8 Å². The summed E-state index contributed by atoms with van der Waals surface area (Å²) in [7, 11) is -3.59. The van der Waals surface area contributed by atoms with E-state index >= 15 is 0 Å². The van der Waals surface area contributed by atoms with Gasteiger partial charge in [0.1, 0.15) is 13.2 Å². The number of benzene rings is 2. The molecule has 8 heteroatoms. The van der Waals surface area contributed by atoms with Crippen LogP contribution in [0.5, 0.6) is 11.5 Å². The molecule has 1 fully saturated rings. The molecule has 0 unspecified atom stereocenters. The second kappa shape index (κ2) is 8.33. The van der Waals surface area contributed by atoms with E-state index in [4.69, 9.17) is 9.47 Å². The molecule has 0 saturated heterocycles. The minimum absolute atomic E-state index is 0.0659. The number of carbonyl (C=O) groups is 1. The van der Waals surface area contributed by atoms with Gasteiger partial charge in [0.15, 0.2) is 11.5 Å². The lowest BCUT2D eigenvalue weighted by molar-refractivity contribution is 0.0668. The lowest BCUT2D eigenvalue weighted by Gasteiger charge is -2.43. The van der Waals surface area contributed by atoms with Crippen molar-refractivity contribution in [2.45, 2.75) is 62.4 Å². The summed E-state index contributed by atoms with van der Waals surface area (Å²) in [6.07, 6.45) is 4.37. The minimum Gasteiger partial charge on any atom is -0.486 e. The van der Waals surface area contributed by atoms with Crippen LogP contribution in [0.3, 0.4) is 0 Å². The Labute approximate surface area is 195 Å². The van der Waals surface area contributed by atoms with Gasteiger partial charge in [-0.05, 0) is 74.2 Å². The summed E-state index contributed by atoms with van der Waals surface area (Å²) in [5.74, 6) is 1.47. The van der Waals surface area contributed by atoms with E-state index in [9.17, 15) is 13.2 Å². The van der Waals surface area contributed by atoms with Crippen molar-refractivity contribution in [3.05, 3.63) is 53.1 Å². The van der Waals surface area contributed by atoms with Crippen LogP contribution in [0.2, 0.25) is 0 Å². The van der Waals surface area contributed by atoms with Crippen molar-refractivity contribution >= 4 is 15.9 Å². The second-order valence-corrected chi connectivity index (χ2v) is 11.3. The van der Waals surface area contributed by atoms with E-state index in [-0.39, 0.29) is 22.3 Å². The van der Waals surface area contributed by atoms with Crippen LogP contribution in [0.25, 0.3) is 0 Å². The number of nitrogens with zero attached hydrogens (tertiary/aromatic N) is 1. The summed E-state index contributed by atoms with van der Waals surface area (Å²) >= 11 is 0. The Bertz CT molecular complexity index is 1170. The maximum absolute atomic E-state index is 13.5. The highest BCUT2D eigenvalue weighted by Crippen LogP contribution is 2.49. The van der Waals surface area contributed by atoms with Gasteiger partial charge < -0.3 is 14.4 Å². The summed E-state index contributed by atoms with van der Waals surface area (Å²) in [5, 5.41) is 0. The maximum Gasteiger partial charge on any atom is 0.254 e. The Kier molecular flexibility index (Phi) is 5.61. The molecule has 3 aliphatic rings. The molecule has 33 heavy (non-hydrogen) atoms. The molecule has 2 aromatic carbocycles. The first-order valence-corrected chi connectivity index (χ1v) is 13.1. The Morgan fingerprint density at radius 1 is 1.03 bits per heavy atom. The quantitative estimate of drug-likeness (QED) is 0.738. The van der Waals surface area contributed by atoms with E-state index in [0.717, 1.165) is 42.7 Å². The molecule has 0 radical (unpaired) electrons. The Hall–Kier alpha value is -2.58. The van der Waals surface area contributed by atoms with E-state index in [0.29, 0.717) is 31.9 Å². The fraction of sp³-hybridized carbons (Fsp3) is 0.480. The fourth-order valence-electron chi connectivity index (χ4n) is 5.43. The molecule has 1 amide bonds. The standard InChI is InChI=1S/C25H30N2O5S/c1-17(2)26-33(29,30)20-7-5-18(6-8-20)24(28)27-15-19-13-22-23(32-12-11-31-22)14-21(19)25(16-27)9-3-4-10-25/h5-8,13-14,17,26H,3-4,9-12,15-16H2,1-2H3. The molecule has 7 nitrogen and oxygen atoms in total. The first-order chi connectivity index (χ1) is 15.8. The molecule has 0 aromatic heterocycles. The van der Waals surface area contributed by atoms with Crippen LogP contribution < -0.4 is 14.2 Å². The van der Waals surface area contributed by atoms with Crippen molar-refractivity contribution in [2.24, 2.45) is 0 Å². The Morgan fingerprint density at radius 3 is 2.30 bits per heavy atom. The zero-order valence-electron chi connectivity index (χ0n) is 19.1. The summed E-state index contributed by atoms with van der Waals surface area (Å²) < 4.78 is 39.1. The van der Waals surface area contributed by atoms with Crippen molar-refractivity contribution in [1.29, 1.82) is 0 Å². The summed E-state index contributed by atoms with van der Waals surface area (Å²) in [6, 6.07) is 10.2. The van der Waals surface area contributed by atoms with Crippen LogP contribution in [0.4, 0.5) is 0 Å². The topological polar surface area (TPSA) is 84.9 Å². The molecule has 176 valence electrons. The van der Waals surface area contributed by atoms with Gasteiger partial charge in [0.2, 0.25) is 10.0 Å². The number of fused-ring (bicyclic) bond motifs is 3. The van der Waals surface area contributed by atoms with Gasteiger partial charge in [-0.3, -0.25) is 4.79 Å². The number of ether oxygens (including phenoxy) is 2. The smallest absolute Gasteiger partial charge is 0.254 e. The van der Waals surface area contributed by atoms with E-state index < -0.39 is 10.0 Å². The lowest BCUT2D eigenvalue weighted by atomic mass is 9.73. The highest BCUT2D eigenvalue weighted by molar-refractivity contribution is 7.89. The Morgan fingerprint density at radius 2 is 1.67 bits per heavy atom. The van der Waals surface area contributed by atoms with Crippen LogP contribution in [-0.2, 0) is 22.0 Å². The molecule has 2 heterocycles. The van der Waals surface area contributed by atoms with Crippen LogP contribution >= 0.6 is 0 Å². The highest BCUT2D eigenvalue weighted by Gasteiger charge is 2.44. The van der Waals surface area contributed by atoms with Gasteiger partial charge in [0, 0.05) is 30.1 Å². The predicted octanol–water partition coefficient (Wildman–Crippen LogP) is 3.61. The molecule has 2 aliphatic heterocycles. The van der Waals surface area contributed by atoms with E-state index in [1.165, 1.54) is 17.7 Å². The fourth-order valence-corrected chi connectivity index (χ4v) is 6.68. The molecule has 2 aromatic rings. The van der Waals surface area contributed by atoms with Gasteiger partial charge in [0.25, 0.3) is 5.91 Å². The monoisotopic (exact) mass is 470 g/mol. The highest BCUT2D eigenvalue weighted by atomic mass is 32.2. The molecule has 0 atom stereocenters. The number of carbonyl (C=O) groups excluding carboxylic acids is 1. The number of rotatable bonds is 4. The van der Waals surface area contributed by atoms with Gasteiger partial charge in [-0.25, -0.2) is 13.1 Å². The SMILES string of the molecule is CC(C)NS(=O)(=O)c1ccc(C(=O)N2Cc3cc4c(cc3C3(CCCC3)C2)OCCO4)cc1. The number of hydrogen-bond acceptors (Lipinski definition) is 5. The average molecular weight is 471 g/mol. The molecule has 1 spiro atoms. The van der Waals surface area contributed by atoms with E-state index in [2.05, 4.69) is 10.8 Å². The Balaban J connectivity index is 1.44. The van der Waals surface area contributed by atoms with Crippen LogP contribution in [-0.4, -0.2) is 45.0 Å². The largest absolute Gasteiger partial charge is 0.486 e. The summed E-state index contributed by atoms with van der Waals surface area (Å²) in [4.78, 5) is 15.5. The molecule has 0 bridgehead atoms. The van der Waals surface area contributed by atoms with Gasteiger partial charge in [0.05, 0.1) is 4.90 Å². The van der Waals surface area contributed by atoms with Gasteiger partial charge in [-0.15, -0.1) is 0 Å². The van der Waals surface area contributed by atoms with Crippen molar-refractivity contribution in [3.63, 3.8) is 0 Å². The molecule has 1 N–H and O–H groups in total. The third-order valence-corrected chi connectivity index (χ3v) is 8.52. The van der Waals surface area contributed by atoms with Crippen molar-refractivity contribution in [1.82, 2.24) is 9.62 Å². The lowest BCUT2D eigenvalue weighted by Crippen LogP contribution is -2.46. The van der Waals surface area contributed by atoms with E-state index in [1.54, 1.807) is 26.0 Å². The first kappa shape index (κ1) is 22.2.